The van der Waals surface area contributed by atoms with Crippen LogP contribution >= 0.6 is 11.3 Å². The topological polar surface area (TPSA) is 21.3 Å². The summed E-state index contributed by atoms with van der Waals surface area (Å²) in [4.78, 5) is 2.78. The summed E-state index contributed by atoms with van der Waals surface area (Å²) >= 11 is 1.86. The number of aryl methyl sites for hydroxylation is 1. The lowest BCUT2D eigenvalue weighted by atomic mass is 10.2. The molecule has 0 amide bonds. The van der Waals surface area contributed by atoms with E-state index in [1.807, 2.05) is 11.3 Å². The van der Waals surface area contributed by atoms with Crippen LogP contribution in [0.4, 0.5) is 0 Å². The van der Waals surface area contributed by atoms with Gasteiger partial charge in [0.2, 0.25) is 0 Å². The Bertz CT molecular complexity index is 285. The largest absolute Gasteiger partial charge is 0.383 e. The summed E-state index contributed by atoms with van der Waals surface area (Å²) in [5.74, 6) is 0. The molecule has 3 heteroatoms. The minimum absolute atomic E-state index is 0.420. The average Bonchev–Trinajstić information content (AvgIpc) is 2.64. The SMILES string of the molecule is CCC(COC)NC(C)c1ccc(C)s1. The quantitative estimate of drug-likeness (QED) is 0.806. The van der Waals surface area contributed by atoms with E-state index in [4.69, 9.17) is 4.74 Å². The van der Waals surface area contributed by atoms with E-state index in [9.17, 15) is 0 Å². The molecule has 1 N–H and O–H groups in total. The van der Waals surface area contributed by atoms with Gasteiger partial charge in [-0.05, 0) is 32.4 Å². The number of hydrogen-bond donors (Lipinski definition) is 1. The molecule has 0 spiro atoms. The molecule has 2 unspecified atom stereocenters. The van der Waals surface area contributed by atoms with E-state index in [2.05, 4.69) is 38.2 Å². The van der Waals surface area contributed by atoms with Crippen molar-refractivity contribution >= 4 is 11.3 Å². The van der Waals surface area contributed by atoms with Crippen LogP contribution in [0, 0.1) is 6.92 Å². The minimum atomic E-state index is 0.420. The van der Waals surface area contributed by atoms with Gasteiger partial charge in [0.25, 0.3) is 0 Å². The molecule has 0 aliphatic rings. The highest BCUT2D eigenvalue weighted by atomic mass is 32.1. The molecular weight excluding hydrogens is 206 g/mol. The van der Waals surface area contributed by atoms with Crippen molar-refractivity contribution in [3.63, 3.8) is 0 Å². The van der Waals surface area contributed by atoms with Gasteiger partial charge >= 0.3 is 0 Å². The monoisotopic (exact) mass is 227 g/mol. The highest BCUT2D eigenvalue weighted by molar-refractivity contribution is 7.12. The Morgan fingerprint density at radius 2 is 2.20 bits per heavy atom. The fourth-order valence-corrected chi connectivity index (χ4v) is 2.50. The summed E-state index contributed by atoms with van der Waals surface area (Å²) in [6.45, 7) is 7.32. The Morgan fingerprint density at radius 1 is 1.47 bits per heavy atom. The molecule has 0 saturated heterocycles. The Hall–Kier alpha value is -0.380. The molecule has 0 saturated carbocycles. The molecule has 86 valence electrons. The lowest BCUT2D eigenvalue weighted by molar-refractivity contribution is 0.160. The van der Waals surface area contributed by atoms with Crippen molar-refractivity contribution in [3.05, 3.63) is 21.9 Å². The van der Waals surface area contributed by atoms with E-state index in [-0.39, 0.29) is 0 Å². The third kappa shape index (κ3) is 3.93. The number of nitrogens with one attached hydrogen (secondary N) is 1. The molecule has 0 radical (unpaired) electrons. The van der Waals surface area contributed by atoms with Crippen molar-refractivity contribution in [2.45, 2.75) is 39.3 Å². The zero-order valence-electron chi connectivity index (χ0n) is 10.0. The van der Waals surface area contributed by atoms with Gasteiger partial charge in [0, 0.05) is 28.9 Å². The highest BCUT2D eigenvalue weighted by Crippen LogP contribution is 2.22. The van der Waals surface area contributed by atoms with E-state index in [1.54, 1.807) is 7.11 Å². The van der Waals surface area contributed by atoms with Gasteiger partial charge < -0.3 is 10.1 Å². The van der Waals surface area contributed by atoms with Gasteiger partial charge in [-0.3, -0.25) is 0 Å². The lowest BCUT2D eigenvalue weighted by Crippen LogP contribution is -2.34. The minimum Gasteiger partial charge on any atom is -0.383 e. The summed E-state index contributed by atoms with van der Waals surface area (Å²) in [5.41, 5.74) is 0. The highest BCUT2D eigenvalue weighted by Gasteiger charge is 2.12. The van der Waals surface area contributed by atoms with Gasteiger partial charge in [0.1, 0.15) is 0 Å². The summed E-state index contributed by atoms with van der Waals surface area (Å²) in [6.07, 6.45) is 1.10. The maximum atomic E-state index is 5.18. The van der Waals surface area contributed by atoms with E-state index >= 15 is 0 Å². The molecule has 2 nitrogen and oxygen atoms in total. The second-order valence-electron chi connectivity index (χ2n) is 3.90. The molecule has 1 aromatic heterocycles. The second kappa shape index (κ2) is 6.26. The van der Waals surface area contributed by atoms with E-state index in [0.717, 1.165) is 13.0 Å². The first-order valence-electron chi connectivity index (χ1n) is 5.48. The fourth-order valence-electron chi connectivity index (χ4n) is 1.61. The second-order valence-corrected chi connectivity index (χ2v) is 5.22. The van der Waals surface area contributed by atoms with E-state index in [1.165, 1.54) is 9.75 Å². The van der Waals surface area contributed by atoms with Gasteiger partial charge in [-0.2, -0.15) is 0 Å². The predicted octanol–water partition coefficient (Wildman–Crippen LogP) is 3.13. The summed E-state index contributed by atoms with van der Waals surface area (Å²) in [6, 6.07) is 5.25. The van der Waals surface area contributed by atoms with Gasteiger partial charge in [0.05, 0.1) is 6.61 Å². The first-order valence-corrected chi connectivity index (χ1v) is 6.30. The lowest BCUT2D eigenvalue weighted by Gasteiger charge is -2.20. The Balaban J connectivity index is 2.50. The molecule has 0 aliphatic carbocycles. The van der Waals surface area contributed by atoms with Crippen LogP contribution in [0.2, 0.25) is 0 Å². The fraction of sp³-hybridized carbons (Fsp3) is 0.667. The van der Waals surface area contributed by atoms with E-state index in [0.29, 0.717) is 12.1 Å². The Morgan fingerprint density at radius 3 is 2.67 bits per heavy atom. The maximum absolute atomic E-state index is 5.18. The molecule has 1 heterocycles. The van der Waals surface area contributed by atoms with Crippen molar-refractivity contribution < 1.29 is 4.74 Å². The van der Waals surface area contributed by atoms with Crippen molar-refractivity contribution in [1.82, 2.24) is 5.32 Å². The third-order valence-corrected chi connectivity index (χ3v) is 3.72. The standard InChI is InChI=1S/C12H21NOS/c1-5-11(8-14-4)13-10(3)12-7-6-9(2)15-12/h6-7,10-11,13H,5,8H2,1-4H3. The Kier molecular flexibility index (Phi) is 5.29. The molecule has 15 heavy (non-hydrogen) atoms. The van der Waals surface area contributed by atoms with Crippen LogP contribution in [-0.4, -0.2) is 19.8 Å². The van der Waals surface area contributed by atoms with Crippen LogP contribution in [0.1, 0.15) is 36.1 Å². The van der Waals surface area contributed by atoms with Crippen LogP contribution in [0.25, 0.3) is 0 Å². The zero-order chi connectivity index (χ0) is 11.3. The summed E-state index contributed by atoms with van der Waals surface area (Å²) < 4.78 is 5.18. The normalized spacial score (nSPS) is 15.2. The van der Waals surface area contributed by atoms with Crippen LogP contribution in [0.5, 0.6) is 0 Å². The number of methoxy groups -OCH3 is 1. The number of hydrogen-bond acceptors (Lipinski definition) is 3. The van der Waals surface area contributed by atoms with Gasteiger partial charge in [0.15, 0.2) is 0 Å². The first kappa shape index (κ1) is 12.7. The van der Waals surface area contributed by atoms with Crippen LogP contribution in [-0.2, 0) is 4.74 Å². The first-order chi connectivity index (χ1) is 7.17. The van der Waals surface area contributed by atoms with Crippen molar-refractivity contribution in [2.24, 2.45) is 0 Å². The average molecular weight is 227 g/mol. The summed E-state index contributed by atoms with van der Waals surface area (Å²) in [7, 11) is 1.75. The van der Waals surface area contributed by atoms with Crippen LogP contribution in [0.3, 0.4) is 0 Å². The predicted molar refractivity (Wildman–Crippen MR) is 66.6 cm³/mol. The van der Waals surface area contributed by atoms with Crippen molar-refractivity contribution in [1.29, 1.82) is 0 Å². The van der Waals surface area contributed by atoms with Gasteiger partial charge in [-0.15, -0.1) is 11.3 Å². The van der Waals surface area contributed by atoms with E-state index < -0.39 is 0 Å². The number of rotatable bonds is 6. The van der Waals surface area contributed by atoms with Crippen LogP contribution in [0.15, 0.2) is 12.1 Å². The summed E-state index contributed by atoms with van der Waals surface area (Å²) in [5, 5.41) is 3.58. The molecule has 0 aromatic carbocycles. The number of thiophene rings is 1. The van der Waals surface area contributed by atoms with Crippen LogP contribution < -0.4 is 5.32 Å². The van der Waals surface area contributed by atoms with Crippen molar-refractivity contribution in [3.8, 4) is 0 Å². The number of ether oxygens (including phenoxy) is 1. The van der Waals surface area contributed by atoms with Crippen molar-refractivity contribution in [2.75, 3.05) is 13.7 Å². The smallest absolute Gasteiger partial charge is 0.0615 e. The molecule has 1 rings (SSSR count). The third-order valence-electron chi connectivity index (χ3n) is 2.53. The Labute approximate surface area is 96.7 Å². The maximum Gasteiger partial charge on any atom is 0.0615 e. The van der Waals surface area contributed by atoms with Gasteiger partial charge in [-0.1, -0.05) is 6.92 Å². The molecule has 2 atom stereocenters. The molecule has 0 fully saturated rings. The molecular formula is C12H21NOS. The molecule has 0 aliphatic heterocycles. The molecule has 0 bridgehead atoms. The zero-order valence-corrected chi connectivity index (χ0v) is 10.9. The molecule has 1 aromatic rings. The van der Waals surface area contributed by atoms with Gasteiger partial charge in [-0.25, -0.2) is 0 Å².